The van der Waals surface area contributed by atoms with Crippen LogP contribution in [-0.2, 0) is 10.0 Å². The number of anilines is 1. The Morgan fingerprint density at radius 2 is 1.73 bits per heavy atom. The zero-order valence-electron chi connectivity index (χ0n) is 16.3. The highest BCUT2D eigenvalue weighted by Crippen LogP contribution is 2.32. The van der Waals surface area contributed by atoms with Crippen LogP contribution >= 0.6 is 11.3 Å². The van der Waals surface area contributed by atoms with Crippen molar-refractivity contribution in [3.8, 4) is 10.6 Å². The van der Waals surface area contributed by atoms with Gasteiger partial charge in [0.25, 0.3) is 5.91 Å². The summed E-state index contributed by atoms with van der Waals surface area (Å²) < 4.78 is 95.3. The minimum absolute atomic E-state index is 0.232. The lowest BCUT2D eigenvalue weighted by molar-refractivity contribution is 0.102. The SMILES string of the molecule is O=C(Nc1nnc(-c2cc(F)c(F)c(F)c2F)s1)c1cc(S(=O)(=O)NCC2CC2)ccc1F. The fourth-order valence-corrected chi connectivity index (χ4v) is 4.64. The van der Waals surface area contributed by atoms with Gasteiger partial charge in [0.05, 0.1) is 16.0 Å². The minimum atomic E-state index is -3.97. The third kappa shape index (κ3) is 4.86. The van der Waals surface area contributed by atoms with Gasteiger partial charge in [-0.15, -0.1) is 10.2 Å². The van der Waals surface area contributed by atoms with E-state index in [0.29, 0.717) is 17.4 Å². The Bertz CT molecular complexity index is 1360. The fraction of sp³-hybridized carbons (Fsp3) is 0.211. The van der Waals surface area contributed by atoms with E-state index in [-0.39, 0.29) is 27.5 Å². The van der Waals surface area contributed by atoms with E-state index in [2.05, 4.69) is 20.2 Å². The van der Waals surface area contributed by atoms with E-state index in [1.807, 2.05) is 0 Å². The smallest absolute Gasteiger partial charge is 0.260 e. The van der Waals surface area contributed by atoms with E-state index in [1.54, 1.807) is 0 Å². The first kappa shape index (κ1) is 23.2. The highest BCUT2D eigenvalue weighted by molar-refractivity contribution is 7.89. The van der Waals surface area contributed by atoms with Crippen molar-refractivity contribution in [1.29, 1.82) is 0 Å². The van der Waals surface area contributed by atoms with Gasteiger partial charge in [0, 0.05) is 6.54 Å². The molecule has 0 unspecified atom stereocenters. The van der Waals surface area contributed by atoms with Gasteiger partial charge in [-0.1, -0.05) is 11.3 Å². The van der Waals surface area contributed by atoms with Crippen molar-refractivity contribution in [2.45, 2.75) is 17.7 Å². The standard InChI is InChI=1S/C19H13F5N4O3S2/c20-12-4-3-9(33(30,31)25-7-8-1-2-8)5-10(12)17(29)26-19-28-27-18(32-19)11-6-13(21)15(23)16(24)14(11)22/h3-6,8,25H,1-2,7H2,(H,26,28,29). The van der Waals surface area contributed by atoms with Crippen LogP contribution < -0.4 is 10.0 Å². The van der Waals surface area contributed by atoms with Gasteiger partial charge in [-0.3, -0.25) is 10.1 Å². The van der Waals surface area contributed by atoms with Crippen molar-refractivity contribution in [2.24, 2.45) is 5.92 Å². The average Bonchev–Trinajstić information content (AvgIpc) is 3.50. The van der Waals surface area contributed by atoms with Gasteiger partial charge in [-0.05, 0) is 43.0 Å². The topological polar surface area (TPSA) is 101 Å². The van der Waals surface area contributed by atoms with Crippen LogP contribution in [0.5, 0.6) is 0 Å². The number of nitrogens with one attached hydrogen (secondary N) is 2. The molecule has 1 aliphatic rings. The molecular formula is C19H13F5N4O3S2. The van der Waals surface area contributed by atoms with Crippen molar-refractivity contribution in [2.75, 3.05) is 11.9 Å². The highest BCUT2D eigenvalue weighted by atomic mass is 32.2. The molecule has 0 bridgehead atoms. The summed E-state index contributed by atoms with van der Waals surface area (Å²) in [6, 6.07) is 3.03. The van der Waals surface area contributed by atoms with Crippen molar-refractivity contribution in [3.63, 3.8) is 0 Å². The van der Waals surface area contributed by atoms with Gasteiger partial charge in [0.1, 0.15) is 5.82 Å². The zero-order chi connectivity index (χ0) is 23.9. The second kappa shape index (κ2) is 8.76. The first-order valence-electron chi connectivity index (χ1n) is 9.34. The third-order valence-corrected chi connectivity index (χ3v) is 7.02. The van der Waals surface area contributed by atoms with Gasteiger partial charge < -0.3 is 0 Å². The van der Waals surface area contributed by atoms with Crippen molar-refractivity contribution < 1.29 is 35.2 Å². The predicted molar refractivity (Wildman–Crippen MR) is 107 cm³/mol. The molecule has 0 radical (unpaired) electrons. The summed E-state index contributed by atoms with van der Waals surface area (Å²) in [5.41, 5.74) is -1.35. The maximum atomic E-state index is 14.2. The molecule has 3 aromatic rings. The molecule has 4 rings (SSSR count). The van der Waals surface area contributed by atoms with Crippen LogP contribution in [0.4, 0.5) is 27.1 Å². The van der Waals surface area contributed by atoms with Crippen LogP contribution in [0.25, 0.3) is 10.6 Å². The second-order valence-corrected chi connectivity index (χ2v) is 9.90. The summed E-state index contributed by atoms with van der Waals surface area (Å²) >= 11 is 0.477. The van der Waals surface area contributed by atoms with Crippen molar-refractivity contribution >= 4 is 32.4 Å². The molecule has 1 saturated carbocycles. The monoisotopic (exact) mass is 504 g/mol. The molecule has 0 saturated heterocycles. The largest absolute Gasteiger partial charge is 0.296 e. The molecule has 1 amide bonds. The quantitative estimate of drug-likeness (QED) is 0.289. The number of rotatable bonds is 7. The number of carbonyl (C=O) groups excluding carboxylic acids is 1. The summed E-state index contributed by atoms with van der Waals surface area (Å²) in [4.78, 5) is 12.2. The Hall–Kier alpha value is -2.97. The molecule has 33 heavy (non-hydrogen) atoms. The molecule has 14 heteroatoms. The lowest BCUT2D eigenvalue weighted by Crippen LogP contribution is -2.26. The maximum absolute atomic E-state index is 14.2. The normalized spacial score (nSPS) is 13.8. The summed E-state index contributed by atoms with van der Waals surface area (Å²) in [5.74, 6) is -9.25. The van der Waals surface area contributed by atoms with Crippen LogP contribution in [0.2, 0.25) is 0 Å². The number of hydrogen-bond acceptors (Lipinski definition) is 6. The Labute approximate surface area is 187 Å². The molecule has 1 heterocycles. The molecule has 7 nitrogen and oxygen atoms in total. The van der Waals surface area contributed by atoms with Gasteiger partial charge >= 0.3 is 0 Å². The fourth-order valence-electron chi connectivity index (χ4n) is 2.75. The van der Waals surface area contributed by atoms with Gasteiger partial charge in [-0.25, -0.2) is 35.1 Å². The van der Waals surface area contributed by atoms with E-state index < -0.39 is 56.1 Å². The highest BCUT2D eigenvalue weighted by Gasteiger charge is 2.26. The van der Waals surface area contributed by atoms with Gasteiger partial charge in [0.2, 0.25) is 15.2 Å². The number of hydrogen-bond donors (Lipinski definition) is 2. The first-order chi connectivity index (χ1) is 15.6. The first-order valence-corrected chi connectivity index (χ1v) is 11.6. The molecule has 2 N–H and O–H groups in total. The second-order valence-electron chi connectivity index (χ2n) is 7.15. The summed E-state index contributed by atoms with van der Waals surface area (Å²) in [7, 11) is -3.97. The number of nitrogens with zero attached hydrogens (tertiary/aromatic N) is 2. The number of aromatic nitrogens is 2. The zero-order valence-corrected chi connectivity index (χ0v) is 18.0. The summed E-state index contributed by atoms with van der Waals surface area (Å²) in [5, 5.41) is 8.47. The van der Waals surface area contributed by atoms with Crippen molar-refractivity contribution in [3.05, 3.63) is 58.9 Å². The van der Waals surface area contributed by atoms with Crippen LogP contribution in [0, 0.1) is 35.0 Å². The lowest BCUT2D eigenvalue weighted by atomic mass is 10.2. The molecule has 1 fully saturated rings. The molecule has 0 aliphatic heterocycles. The number of amides is 1. The number of halogens is 5. The van der Waals surface area contributed by atoms with E-state index in [9.17, 15) is 35.2 Å². The van der Waals surface area contributed by atoms with Crippen LogP contribution in [-0.4, -0.2) is 31.1 Å². The van der Waals surface area contributed by atoms with E-state index in [4.69, 9.17) is 0 Å². The number of benzene rings is 2. The van der Waals surface area contributed by atoms with Crippen molar-refractivity contribution in [1.82, 2.24) is 14.9 Å². The molecule has 1 aliphatic carbocycles. The third-order valence-electron chi connectivity index (χ3n) is 4.73. The Kier molecular flexibility index (Phi) is 6.16. The van der Waals surface area contributed by atoms with Crippen LogP contribution in [0.1, 0.15) is 23.2 Å². The average molecular weight is 504 g/mol. The molecule has 0 atom stereocenters. The molecule has 2 aromatic carbocycles. The van der Waals surface area contributed by atoms with Gasteiger partial charge in [-0.2, -0.15) is 0 Å². The van der Waals surface area contributed by atoms with Gasteiger partial charge in [0.15, 0.2) is 28.3 Å². The molecule has 174 valence electrons. The Morgan fingerprint density at radius 1 is 1.00 bits per heavy atom. The Morgan fingerprint density at radius 3 is 2.42 bits per heavy atom. The number of carbonyl (C=O) groups is 1. The molecular weight excluding hydrogens is 491 g/mol. The van der Waals surface area contributed by atoms with E-state index in [1.165, 1.54) is 0 Å². The van der Waals surface area contributed by atoms with Crippen LogP contribution in [0.3, 0.4) is 0 Å². The van der Waals surface area contributed by atoms with E-state index >= 15 is 0 Å². The lowest BCUT2D eigenvalue weighted by Gasteiger charge is -2.08. The summed E-state index contributed by atoms with van der Waals surface area (Å²) in [6.45, 7) is 0.232. The molecule has 0 spiro atoms. The number of sulfonamides is 1. The van der Waals surface area contributed by atoms with Crippen LogP contribution in [0.15, 0.2) is 29.2 Å². The summed E-state index contributed by atoms with van der Waals surface area (Å²) in [6.07, 6.45) is 1.81. The predicted octanol–water partition coefficient (Wildman–Crippen LogP) is 3.84. The van der Waals surface area contributed by atoms with E-state index in [0.717, 1.165) is 31.0 Å². The Balaban J connectivity index is 1.55. The minimum Gasteiger partial charge on any atom is -0.296 e. The molecule has 1 aromatic heterocycles. The maximum Gasteiger partial charge on any atom is 0.260 e.